The van der Waals surface area contributed by atoms with Crippen LogP contribution in [0.5, 0.6) is 0 Å². The number of nitrogens with zero attached hydrogens (tertiary/aromatic N) is 2. The second-order valence-corrected chi connectivity index (χ2v) is 7.91. The van der Waals surface area contributed by atoms with E-state index in [4.69, 9.17) is 0 Å². The van der Waals surface area contributed by atoms with Crippen molar-refractivity contribution in [1.82, 2.24) is 9.80 Å². The summed E-state index contributed by atoms with van der Waals surface area (Å²) in [7, 11) is 1.68. The molecule has 0 aromatic heterocycles. The predicted octanol–water partition coefficient (Wildman–Crippen LogP) is 4.87. The number of alkyl halides is 3. The van der Waals surface area contributed by atoms with Crippen molar-refractivity contribution in [3.8, 4) is 0 Å². The fraction of sp³-hybridized carbons (Fsp3) is 0.435. The van der Waals surface area contributed by atoms with Gasteiger partial charge in [-0.2, -0.15) is 13.2 Å². The number of hydrogen-bond donors (Lipinski definition) is 0. The molecule has 1 fully saturated rings. The van der Waals surface area contributed by atoms with Gasteiger partial charge in [0.15, 0.2) is 0 Å². The fourth-order valence-electron chi connectivity index (χ4n) is 3.98. The van der Waals surface area contributed by atoms with Crippen molar-refractivity contribution in [2.75, 3.05) is 33.2 Å². The minimum absolute atomic E-state index is 0.187. The van der Waals surface area contributed by atoms with Gasteiger partial charge in [-0.25, -0.2) is 4.39 Å². The number of carbonyl (C=O) groups is 1. The highest BCUT2D eigenvalue weighted by Gasteiger charge is 2.30. The van der Waals surface area contributed by atoms with Crippen LogP contribution in [-0.4, -0.2) is 48.9 Å². The summed E-state index contributed by atoms with van der Waals surface area (Å²) >= 11 is 0. The van der Waals surface area contributed by atoms with Gasteiger partial charge in [0.05, 0.1) is 5.56 Å². The zero-order chi connectivity index (χ0) is 21.7. The number of rotatable bonds is 6. The van der Waals surface area contributed by atoms with Gasteiger partial charge in [-0.15, -0.1) is 0 Å². The standard InChI is InChI=1S/C23H26F4N2O/c1-28(22(30)19-8-10-20(11-9-19)23(25,26)27)15-17-5-4-13-29(16-17)14-12-18-6-2-3-7-21(18)24/h2-3,6-11,17H,4-5,12-16H2,1H3/t17-/m1/s1. The van der Waals surface area contributed by atoms with Crippen LogP contribution in [0.2, 0.25) is 0 Å². The highest BCUT2D eigenvalue weighted by molar-refractivity contribution is 5.94. The Bertz CT molecular complexity index is 851. The number of benzene rings is 2. The Morgan fingerprint density at radius 2 is 1.83 bits per heavy atom. The van der Waals surface area contributed by atoms with E-state index in [0.717, 1.165) is 44.6 Å². The van der Waals surface area contributed by atoms with Crippen LogP contribution in [0.25, 0.3) is 0 Å². The van der Waals surface area contributed by atoms with Crippen LogP contribution in [0.1, 0.15) is 34.3 Å². The second kappa shape index (κ2) is 9.60. The minimum Gasteiger partial charge on any atom is -0.341 e. The summed E-state index contributed by atoms with van der Waals surface area (Å²) in [5.74, 6) is -0.192. The van der Waals surface area contributed by atoms with Gasteiger partial charge in [0.25, 0.3) is 5.91 Å². The lowest BCUT2D eigenvalue weighted by Crippen LogP contribution is -2.42. The Morgan fingerprint density at radius 3 is 2.50 bits per heavy atom. The molecule has 0 aliphatic carbocycles. The SMILES string of the molecule is CN(C[C@H]1CCCN(CCc2ccccc2F)C1)C(=O)c1ccc(C(F)(F)F)cc1. The van der Waals surface area contributed by atoms with Crippen molar-refractivity contribution in [1.29, 1.82) is 0 Å². The molecule has 0 unspecified atom stereocenters. The molecular formula is C23H26F4N2O. The highest BCUT2D eigenvalue weighted by Crippen LogP contribution is 2.29. The first-order valence-corrected chi connectivity index (χ1v) is 10.1. The second-order valence-electron chi connectivity index (χ2n) is 7.91. The van der Waals surface area contributed by atoms with Crippen LogP contribution in [0.3, 0.4) is 0 Å². The van der Waals surface area contributed by atoms with E-state index in [-0.39, 0.29) is 23.2 Å². The molecule has 1 heterocycles. The number of hydrogen-bond acceptors (Lipinski definition) is 2. The topological polar surface area (TPSA) is 23.6 Å². The molecule has 0 radical (unpaired) electrons. The molecule has 0 saturated carbocycles. The maximum absolute atomic E-state index is 13.8. The third-order valence-corrected chi connectivity index (χ3v) is 5.60. The van der Waals surface area contributed by atoms with E-state index in [0.29, 0.717) is 18.5 Å². The lowest BCUT2D eigenvalue weighted by molar-refractivity contribution is -0.137. The van der Waals surface area contributed by atoms with E-state index in [1.165, 1.54) is 18.2 Å². The summed E-state index contributed by atoms with van der Waals surface area (Å²) < 4.78 is 51.9. The molecule has 0 spiro atoms. The molecular weight excluding hydrogens is 396 g/mol. The Morgan fingerprint density at radius 1 is 1.13 bits per heavy atom. The van der Waals surface area contributed by atoms with Gasteiger partial charge in [-0.3, -0.25) is 4.79 Å². The first-order chi connectivity index (χ1) is 14.2. The lowest BCUT2D eigenvalue weighted by Gasteiger charge is -2.34. The van der Waals surface area contributed by atoms with Crippen molar-refractivity contribution in [2.45, 2.75) is 25.4 Å². The Balaban J connectivity index is 1.52. The molecule has 30 heavy (non-hydrogen) atoms. The number of amides is 1. The number of likely N-dealkylation sites (tertiary alicyclic amines) is 1. The summed E-state index contributed by atoms with van der Waals surface area (Å²) in [6.45, 7) is 3.06. The predicted molar refractivity (Wildman–Crippen MR) is 108 cm³/mol. The summed E-state index contributed by atoms with van der Waals surface area (Å²) in [4.78, 5) is 16.5. The molecule has 162 valence electrons. The molecule has 2 aromatic rings. The van der Waals surface area contributed by atoms with Gasteiger partial charge in [0.2, 0.25) is 0 Å². The maximum atomic E-state index is 13.8. The van der Waals surface area contributed by atoms with Crippen molar-refractivity contribution >= 4 is 5.91 Å². The monoisotopic (exact) mass is 422 g/mol. The van der Waals surface area contributed by atoms with Gasteiger partial charge in [-0.05, 0) is 67.6 Å². The summed E-state index contributed by atoms with van der Waals surface area (Å²) in [6, 6.07) is 11.1. The third kappa shape index (κ3) is 5.81. The molecule has 1 saturated heterocycles. The van der Waals surface area contributed by atoms with E-state index in [2.05, 4.69) is 4.90 Å². The van der Waals surface area contributed by atoms with Gasteiger partial charge < -0.3 is 9.80 Å². The van der Waals surface area contributed by atoms with E-state index in [1.807, 2.05) is 6.07 Å². The lowest BCUT2D eigenvalue weighted by atomic mass is 9.96. The van der Waals surface area contributed by atoms with Gasteiger partial charge in [0.1, 0.15) is 5.82 Å². The first kappa shape index (κ1) is 22.3. The van der Waals surface area contributed by atoms with Crippen molar-refractivity contribution < 1.29 is 22.4 Å². The van der Waals surface area contributed by atoms with Crippen molar-refractivity contribution in [3.05, 3.63) is 71.0 Å². The van der Waals surface area contributed by atoms with E-state index in [9.17, 15) is 22.4 Å². The first-order valence-electron chi connectivity index (χ1n) is 10.1. The maximum Gasteiger partial charge on any atom is 0.416 e. The van der Waals surface area contributed by atoms with Gasteiger partial charge >= 0.3 is 6.18 Å². The quantitative estimate of drug-likeness (QED) is 0.620. The molecule has 0 bridgehead atoms. The molecule has 3 rings (SSSR count). The summed E-state index contributed by atoms with van der Waals surface area (Å²) in [6.07, 6.45) is -1.79. The number of halogens is 4. The smallest absolute Gasteiger partial charge is 0.341 e. The molecule has 1 aliphatic rings. The van der Waals surface area contributed by atoms with Crippen LogP contribution in [-0.2, 0) is 12.6 Å². The normalized spacial score (nSPS) is 17.7. The number of carbonyl (C=O) groups excluding carboxylic acids is 1. The van der Waals surface area contributed by atoms with Crippen LogP contribution in [0.15, 0.2) is 48.5 Å². The van der Waals surface area contributed by atoms with Gasteiger partial charge in [-0.1, -0.05) is 18.2 Å². The van der Waals surface area contributed by atoms with Gasteiger partial charge in [0, 0.05) is 32.2 Å². The average Bonchev–Trinajstić information content (AvgIpc) is 2.72. The molecule has 2 aromatic carbocycles. The molecule has 0 N–H and O–H groups in total. The fourth-order valence-corrected chi connectivity index (χ4v) is 3.98. The summed E-state index contributed by atoms with van der Waals surface area (Å²) in [5, 5.41) is 0. The zero-order valence-electron chi connectivity index (χ0n) is 17.0. The average molecular weight is 422 g/mol. The summed E-state index contributed by atoms with van der Waals surface area (Å²) in [5.41, 5.74) is 0.186. The molecule has 3 nitrogen and oxygen atoms in total. The Kier molecular flexibility index (Phi) is 7.13. The highest BCUT2D eigenvalue weighted by atomic mass is 19.4. The Hall–Kier alpha value is -2.41. The van der Waals surface area contributed by atoms with Crippen molar-refractivity contribution in [2.24, 2.45) is 5.92 Å². The van der Waals surface area contributed by atoms with Crippen LogP contribution in [0, 0.1) is 11.7 Å². The van der Waals surface area contributed by atoms with E-state index >= 15 is 0 Å². The molecule has 1 amide bonds. The van der Waals surface area contributed by atoms with E-state index in [1.54, 1.807) is 24.1 Å². The van der Waals surface area contributed by atoms with Crippen LogP contribution < -0.4 is 0 Å². The number of piperidine rings is 1. The largest absolute Gasteiger partial charge is 0.416 e. The Labute approximate surface area is 174 Å². The molecule has 1 aliphatic heterocycles. The molecule has 7 heteroatoms. The van der Waals surface area contributed by atoms with E-state index < -0.39 is 11.7 Å². The molecule has 1 atom stereocenters. The third-order valence-electron chi connectivity index (χ3n) is 5.60. The minimum atomic E-state index is -4.41. The van der Waals surface area contributed by atoms with Crippen molar-refractivity contribution in [3.63, 3.8) is 0 Å². The van der Waals surface area contributed by atoms with Crippen LogP contribution in [0.4, 0.5) is 17.6 Å². The zero-order valence-corrected chi connectivity index (χ0v) is 17.0. The van der Waals surface area contributed by atoms with Crippen LogP contribution >= 0.6 is 0 Å².